The first kappa shape index (κ1) is 16.7. The molecule has 1 N–H and O–H groups in total. The lowest BCUT2D eigenvalue weighted by atomic mass is 10.1. The molecule has 0 aliphatic heterocycles. The van der Waals surface area contributed by atoms with Gasteiger partial charge in [-0.1, -0.05) is 30.3 Å². The van der Waals surface area contributed by atoms with Crippen molar-refractivity contribution in [2.24, 2.45) is 0 Å². The van der Waals surface area contributed by atoms with Gasteiger partial charge in [-0.25, -0.2) is 9.40 Å². The van der Waals surface area contributed by atoms with Gasteiger partial charge in [0.25, 0.3) is 11.8 Å². The van der Waals surface area contributed by atoms with Crippen molar-refractivity contribution in [2.45, 2.75) is 26.3 Å². The van der Waals surface area contributed by atoms with E-state index in [9.17, 15) is 14.0 Å². The molecule has 2 aromatic carbocycles. The first-order valence-corrected chi connectivity index (χ1v) is 7.26. The molecule has 0 radical (unpaired) electrons. The largest absolute Gasteiger partial charge is 0.272 e. The maximum absolute atomic E-state index is 13.7. The van der Waals surface area contributed by atoms with E-state index in [2.05, 4.69) is 5.43 Å². The minimum Gasteiger partial charge on any atom is -0.267 e. The lowest BCUT2D eigenvalue weighted by Crippen LogP contribution is -2.56. The molecule has 0 aromatic heterocycles. The summed E-state index contributed by atoms with van der Waals surface area (Å²) in [6.07, 6.45) is 0. The minimum atomic E-state index is -0.673. The summed E-state index contributed by atoms with van der Waals surface area (Å²) < 4.78 is 13.7. The van der Waals surface area contributed by atoms with Gasteiger partial charge < -0.3 is 0 Å². The zero-order valence-corrected chi connectivity index (χ0v) is 13.3. The van der Waals surface area contributed by atoms with Gasteiger partial charge >= 0.3 is 0 Å². The number of hydrogen-bond donors (Lipinski definition) is 1. The number of rotatable bonds is 2. The Bertz CT molecular complexity index is 708. The van der Waals surface area contributed by atoms with Crippen LogP contribution in [0.3, 0.4) is 0 Å². The van der Waals surface area contributed by atoms with Crippen molar-refractivity contribution in [1.82, 2.24) is 10.4 Å². The molecule has 2 aromatic rings. The Kier molecular flexibility index (Phi) is 4.79. The van der Waals surface area contributed by atoms with E-state index in [-0.39, 0.29) is 11.5 Å². The van der Waals surface area contributed by atoms with Crippen LogP contribution in [0.15, 0.2) is 54.6 Å². The minimum absolute atomic E-state index is 0.109. The van der Waals surface area contributed by atoms with Crippen molar-refractivity contribution < 1.29 is 14.0 Å². The second-order valence-electron chi connectivity index (χ2n) is 6.10. The van der Waals surface area contributed by atoms with Gasteiger partial charge in [0, 0.05) is 5.56 Å². The van der Waals surface area contributed by atoms with Crippen molar-refractivity contribution in [3.05, 3.63) is 71.5 Å². The molecular weight excluding hydrogens is 295 g/mol. The fourth-order valence-corrected chi connectivity index (χ4v) is 2.04. The smallest absolute Gasteiger partial charge is 0.267 e. The quantitative estimate of drug-likeness (QED) is 0.864. The molecule has 2 amide bonds. The van der Waals surface area contributed by atoms with Crippen LogP contribution in [0.1, 0.15) is 41.5 Å². The van der Waals surface area contributed by atoms with Gasteiger partial charge in [0.2, 0.25) is 0 Å². The van der Waals surface area contributed by atoms with Crippen LogP contribution in [0.25, 0.3) is 0 Å². The van der Waals surface area contributed by atoms with E-state index in [1.54, 1.807) is 57.2 Å². The molecule has 0 aliphatic carbocycles. The van der Waals surface area contributed by atoms with Crippen molar-refractivity contribution in [1.29, 1.82) is 0 Å². The molecule has 0 heterocycles. The van der Waals surface area contributed by atoms with Crippen molar-refractivity contribution in [2.75, 3.05) is 0 Å². The highest BCUT2D eigenvalue weighted by Gasteiger charge is 2.30. The van der Waals surface area contributed by atoms with E-state index in [4.69, 9.17) is 0 Å². The van der Waals surface area contributed by atoms with Crippen LogP contribution in [-0.4, -0.2) is 22.4 Å². The lowest BCUT2D eigenvalue weighted by molar-refractivity contribution is 0.0357. The average molecular weight is 314 g/mol. The highest BCUT2D eigenvalue weighted by Crippen LogP contribution is 2.16. The maximum atomic E-state index is 13.7. The SMILES string of the molecule is CC(C)(C)N(NC(=O)c1ccccc1F)C(=O)c1ccccc1. The molecule has 0 spiro atoms. The Labute approximate surface area is 134 Å². The number of amides is 2. The topological polar surface area (TPSA) is 49.4 Å². The number of carbonyl (C=O) groups is 2. The fraction of sp³-hybridized carbons (Fsp3) is 0.222. The van der Waals surface area contributed by atoms with Crippen LogP contribution in [-0.2, 0) is 0 Å². The molecule has 0 saturated heterocycles. The van der Waals surface area contributed by atoms with Gasteiger partial charge in [0.05, 0.1) is 11.1 Å². The lowest BCUT2D eigenvalue weighted by Gasteiger charge is -2.35. The predicted octanol–water partition coefficient (Wildman–Crippen LogP) is 3.41. The van der Waals surface area contributed by atoms with E-state index in [0.717, 1.165) is 0 Å². The van der Waals surface area contributed by atoms with Gasteiger partial charge in [-0.15, -0.1) is 0 Å². The molecule has 0 saturated carbocycles. The van der Waals surface area contributed by atoms with E-state index in [0.29, 0.717) is 5.56 Å². The normalized spacial score (nSPS) is 11.0. The first-order chi connectivity index (χ1) is 10.8. The summed E-state index contributed by atoms with van der Waals surface area (Å²) in [6, 6.07) is 14.3. The fourth-order valence-electron chi connectivity index (χ4n) is 2.04. The molecule has 120 valence electrons. The molecule has 0 atom stereocenters. The standard InChI is InChI=1S/C18H19FN2O2/c1-18(2,3)21(17(23)13-9-5-4-6-10-13)20-16(22)14-11-7-8-12-15(14)19/h4-12H,1-3H3,(H,20,22). The number of halogens is 1. The Morgan fingerprint density at radius 2 is 1.52 bits per heavy atom. The molecule has 0 aliphatic rings. The van der Waals surface area contributed by atoms with Gasteiger partial charge in [-0.2, -0.15) is 0 Å². The molecule has 0 bridgehead atoms. The summed E-state index contributed by atoms with van der Waals surface area (Å²) in [5, 5.41) is 1.22. The Morgan fingerprint density at radius 1 is 0.957 bits per heavy atom. The van der Waals surface area contributed by atoms with Crippen LogP contribution >= 0.6 is 0 Å². The number of nitrogens with zero attached hydrogens (tertiary/aromatic N) is 1. The van der Waals surface area contributed by atoms with Crippen LogP contribution in [0, 0.1) is 5.82 Å². The number of benzene rings is 2. The summed E-state index contributed by atoms with van der Waals surface area (Å²) >= 11 is 0. The first-order valence-electron chi connectivity index (χ1n) is 7.26. The number of hydrogen-bond acceptors (Lipinski definition) is 2. The van der Waals surface area contributed by atoms with Crippen LogP contribution in [0.2, 0.25) is 0 Å². The predicted molar refractivity (Wildman–Crippen MR) is 86.2 cm³/mol. The highest BCUT2D eigenvalue weighted by molar-refractivity contribution is 5.99. The second-order valence-corrected chi connectivity index (χ2v) is 6.10. The zero-order chi connectivity index (χ0) is 17.0. The van der Waals surface area contributed by atoms with Crippen LogP contribution in [0.4, 0.5) is 4.39 Å². The second kappa shape index (κ2) is 6.60. The van der Waals surface area contributed by atoms with E-state index in [1.807, 2.05) is 0 Å². The van der Waals surface area contributed by atoms with Crippen molar-refractivity contribution in [3.63, 3.8) is 0 Å². The zero-order valence-electron chi connectivity index (χ0n) is 13.3. The molecule has 23 heavy (non-hydrogen) atoms. The number of carbonyl (C=O) groups excluding carboxylic acids is 2. The highest BCUT2D eigenvalue weighted by atomic mass is 19.1. The maximum Gasteiger partial charge on any atom is 0.272 e. The van der Waals surface area contributed by atoms with Gasteiger partial charge in [0.1, 0.15) is 5.82 Å². The third-order valence-corrected chi connectivity index (χ3v) is 3.23. The summed E-state index contributed by atoms with van der Waals surface area (Å²) in [5.74, 6) is -1.66. The van der Waals surface area contributed by atoms with Crippen molar-refractivity contribution in [3.8, 4) is 0 Å². The van der Waals surface area contributed by atoms with E-state index >= 15 is 0 Å². The summed E-state index contributed by atoms with van der Waals surface area (Å²) in [6.45, 7) is 5.36. The Balaban J connectivity index is 2.29. The molecule has 5 heteroatoms. The molecule has 2 rings (SSSR count). The average Bonchev–Trinajstić information content (AvgIpc) is 2.52. The summed E-state index contributed by atoms with van der Waals surface area (Å²) in [5.41, 5.74) is 2.18. The molecule has 4 nitrogen and oxygen atoms in total. The molecular formula is C18H19FN2O2. The van der Waals surface area contributed by atoms with Crippen LogP contribution in [0.5, 0.6) is 0 Å². The monoisotopic (exact) mass is 314 g/mol. The van der Waals surface area contributed by atoms with Gasteiger partial charge in [-0.3, -0.25) is 15.0 Å². The number of nitrogens with one attached hydrogen (secondary N) is 1. The molecule has 0 fully saturated rings. The van der Waals surface area contributed by atoms with Crippen LogP contribution < -0.4 is 5.43 Å². The van der Waals surface area contributed by atoms with Gasteiger partial charge in [-0.05, 0) is 45.0 Å². The van der Waals surface area contributed by atoms with Gasteiger partial charge in [0.15, 0.2) is 0 Å². The number of hydrazine groups is 1. The van der Waals surface area contributed by atoms with E-state index in [1.165, 1.54) is 23.2 Å². The third-order valence-electron chi connectivity index (χ3n) is 3.23. The Morgan fingerprint density at radius 3 is 2.09 bits per heavy atom. The van der Waals surface area contributed by atoms with E-state index < -0.39 is 17.3 Å². The third kappa shape index (κ3) is 3.94. The Hall–Kier alpha value is -2.69. The summed E-state index contributed by atoms with van der Waals surface area (Å²) in [7, 11) is 0. The molecule has 0 unspecified atom stereocenters. The summed E-state index contributed by atoms with van der Waals surface area (Å²) in [4.78, 5) is 25.0. The van der Waals surface area contributed by atoms with Crippen molar-refractivity contribution >= 4 is 11.8 Å².